The molecule has 3 aliphatic heterocycles. The first kappa shape index (κ1) is 27.2. The molecule has 11 heteroatoms. The third-order valence-corrected chi connectivity index (χ3v) is 10.3. The molecule has 1 aliphatic carbocycles. The van der Waals surface area contributed by atoms with E-state index in [9.17, 15) is 23.6 Å². The molecular formula is C31H32F2N6O2S. The summed E-state index contributed by atoms with van der Waals surface area (Å²) in [7, 11) is 0. The minimum Gasteiger partial charge on any atom is -0.366 e. The number of aryl methyl sites for hydroxylation is 1. The van der Waals surface area contributed by atoms with Crippen molar-refractivity contribution in [2.45, 2.75) is 76.0 Å². The van der Waals surface area contributed by atoms with E-state index in [2.05, 4.69) is 35.1 Å². The van der Waals surface area contributed by atoms with Crippen LogP contribution in [-0.4, -0.2) is 69.9 Å². The predicted molar refractivity (Wildman–Crippen MR) is 157 cm³/mol. The molecular weight excluding hydrogens is 558 g/mol. The van der Waals surface area contributed by atoms with Gasteiger partial charge in [-0.1, -0.05) is 0 Å². The van der Waals surface area contributed by atoms with Crippen molar-refractivity contribution in [3.63, 3.8) is 0 Å². The third-order valence-electron chi connectivity index (χ3n) is 9.11. The minimum absolute atomic E-state index is 0.0567. The number of nitrogens with one attached hydrogen (secondary N) is 1. The zero-order chi connectivity index (χ0) is 29.4. The number of halogens is 2. The summed E-state index contributed by atoms with van der Waals surface area (Å²) in [6.07, 6.45) is 3.93. The second-order valence-electron chi connectivity index (χ2n) is 12.7. The fourth-order valence-electron chi connectivity index (χ4n) is 7.04. The van der Waals surface area contributed by atoms with Crippen molar-refractivity contribution < 1.29 is 18.4 Å². The number of amides is 3. The molecule has 5 heterocycles. The van der Waals surface area contributed by atoms with Gasteiger partial charge in [0.15, 0.2) is 0 Å². The van der Waals surface area contributed by atoms with Crippen LogP contribution in [0.5, 0.6) is 0 Å². The fourth-order valence-corrected chi connectivity index (χ4v) is 8.17. The van der Waals surface area contributed by atoms with Gasteiger partial charge in [0.2, 0.25) is 0 Å². The van der Waals surface area contributed by atoms with Gasteiger partial charge in [-0.25, -0.2) is 13.6 Å². The van der Waals surface area contributed by atoms with Gasteiger partial charge in [-0.3, -0.25) is 14.7 Å². The summed E-state index contributed by atoms with van der Waals surface area (Å²) in [5, 5.41) is 13.5. The van der Waals surface area contributed by atoms with Crippen molar-refractivity contribution in [1.29, 1.82) is 5.26 Å². The molecule has 0 spiro atoms. The van der Waals surface area contributed by atoms with E-state index in [0.717, 1.165) is 63.5 Å². The Balaban J connectivity index is 1.24. The van der Waals surface area contributed by atoms with Gasteiger partial charge in [-0.15, -0.1) is 11.3 Å². The number of thiophene rings is 1. The number of aromatic nitrogens is 1. The lowest BCUT2D eigenvalue weighted by atomic mass is 9.87. The largest absolute Gasteiger partial charge is 0.366 e. The number of nitriles is 1. The van der Waals surface area contributed by atoms with E-state index in [0.29, 0.717) is 11.6 Å². The van der Waals surface area contributed by atoms with E-state index in [1.165, 1.54) is 27.5 Å². The maximum Gasteiger partial charge on any atom is 0.327 e. The quantitative estimate of drug-likeness (QED) is 0.406. The summed E-state index contributed by atoms with van der Waals surface area (Å²) in [4.78, 5) is 36.1. The topological polar surface area (TPSA) is 92.6 Å². The van der Waals surface area contributed by atoms with Crippen LogP contribution < -0.4 is 10.2 Å². The summed E-state index contributed by atoms with van der Waals surface area (Å²) in [6.45, 7) is 6.21. The number of hydrogen-bond donors (Lipinski definition) is 1. The van der Waals surface area contributed by atoms with Crippen molar-refractivity contribution in [1.82, 2.24) is 20.1 Å². The molecule has 1 aromatic carbocycles. The Labute approximate surface area is 246 Å². The minimum atomic E-state index is -2.77. The molecule has 0 radical (unpaired) electrons. The molecule has 1 N–H and O–H groups in total. The van der Waals surface area contributed by atoms with E-state index in [1.807, 2.05) is 24.3 Å². The first-order chi connectivity index (χ1) is 20.0. The van der Waals surface area contributed by atoms with Gasteiger partial charge in [0.1, 0.15) is 6.54 Å². The second-order valence-corrected chi connectivity index (χ2v) is 13.8. The number of pyridine rings is 1. The molecule has 0 unspecified atom stereocenters. The highest BCUT2D eigenvalue weighted by molar-refractivity contribution is 7.19. The van der Waals surface area contributed by atoms with Crippen LogP contribution in [-0.2, 0) is 17.8 Å². The van der Waals surface area contributed by atoms with Crippen LogP contribution in [0.2, 0.25) is 0 Å². The van der Waals surface area contributed by atoms with Crippen LogP contribution in [0.3, 0.4) is 0 Å². The lowest BCUT2D eigenvalue weighted by Gasteiger charge is -2.39. The van der Waals surface area contributed by atoms with E-state index in [-0.39, 0.29) is 24.5 Å². The van der Waals surface area contributed by atoms with Crippen molar-refractivity contribution in [3.8, 4) is 17.2 Å². The van der Waals surface area contributed by atoms with Crippen molar-refractivity contribution in [3.05, 3.63) is 46.5 Å². The van der Waals surface area contributed by atoms with E-state index >= 15 is 0 Å². The van der Waals surface area contributed by atoms with Crippen LogP contribution in [0, 0.1) is 11.3 Å². The number of alkyl halides is 2. The monoisotopic (exact) mass is 590 g/mol. The Morgan fingerprint density at radius 1 is 1.12 bits per heavy atom. The van der Waals surface area contributed by atoms with Crippen molar-refractivity contribution in [2.75, 3.05) is 24.5 Å². The first-order valence-corrected chi connectivity index (χ1v) is 15.3. The van der Waals surface area contributed by atoms with Gasteiger partial charge >= 0.3 is 6.03 Å². The van der Waals surface area contributed by atoms with Gasteiger partial charge in [0, 0.05) is 71.4 Å². The van der Waals surface area contributed by atoms with E-state index < -0.39 is 30.8 Å². The number of urea groups is 1. The zero-order valence-corrected chi connectivity index (χ0v) is 24.4. The highest BCUT2D eigenvalue weighted by Crippen LogP contribution is 2.45. The summed E-state index contributed by atoms with van der Waals surface area (Å²) in [5.41, 5.74) is 5.75. The number of carbonyl (C=O) groups excluding carboxylic acids is 2. The average Bonchev–Trinajstić information content (AvgIpc) is 3.61. The van der Waals surface area contributed by atoms with E-state index in [4.69, 9.17) is 0 Å². The smallest absolute Gasteiger partial charge is 0.327 e. The molecule has 0 bridgehead atoms. The number of rotatable bonds is 5. The average molecular weight is 591 g/mol. The van der Waals surface area contributed by atoms with Crippen LogP contribution in [0.4, 0.5) is 19.3 Å². The molecule has 1 atom stereocenters. The highest BCUT2D eigenvalue weighted by atomic mass is 32.1. The third kappa shape index (κ3) is 4.61. The lowest BCUT2D eigenvalue weighted by molar-refractivity contribution is -0.128. The Bertz CT molecular complexity index is 1650. The van der Waals surface area contributed by atoms with Crippen molar-refractivity contribution in [2.24, 2.45) is 0 Å². The number of anilines is 1. The zero-order valence-electron chi connectivity index (χ0n) is 23.6. The molecule has 3 fully saturated rings. The molecule has 218 valence electrons. The molecule has 8 nitrogen and oxygen atoms in total. The SMILES string of the molecule is CC1(C)C[C@H](N2CCCc3cc(C#N)cc(-c4ccnc5cc(CN6C(=O)CN(C7CC(F)(F)C7)C6=O)sc45)c32)CN1. The molecule has 2 aromatic heterocycles. The standard InChI is InChI=1S/C31H32F2N6O2S/c1-30(2)11-21(15-36-30)37-7-3-4-19-8-18(14-34)9-24(27(19)37)23-5-6-35-25-10-22(42-28(23)25)16-39-26(40)17-38(29(39)41)20-12-31(32,33)13-20/h5-6,8-10,20-21,36H,3-4,7,11-13,15-17H2,1-2H3/t21-/m0/s1. The lowest BCUT2D eigenvalue weighted by Crippen LogP contribution is -2.52. The predicted octanol–water partition coefficient (Wildman–Crippen LogP) is 5.29. The van der Waals surface area contributed by atoms with Crippen molar-refractivity contribution >= 4 is 39.2 Å². The number of benzene rings is 1. The summed E-state index contributed by atoms with van der Waals surface area (Å²) in [6, 6.07) is 9.45. The van der Waals surface area contributed by atoms with Crippen LogP contribution in [0.25, 0.3) is 21.3 Å². The summed E-state index contributed by atoms with van der Waals surface area (Å²) >= 11 is 1.48. The van der Waals surface area contributed by atoms with Crippen LogP contribution in [0.1, 0.15) is 55.5 Å². The van der Waals surface area contributed by atoms with Gasteiger partial charge in [-0.2, -0.15) is 5.26 Å². The van der Waals surface area contributed by atoms with Gasteiger partial charge in [-0.05, 0) is 62.9 Å². The Hall–Kier alpha value is -3.62. The highest BCUT2D eigenvalue weighted by Gasteiger charge is 2.52. The Morgan fingerprint density at radius 2 is 1.93 bits per heavy atom. The van der Waals surface area contributed by atoms with Gasteiger partial charge < -0.3 is 15.1 Å². The molecule has 2 saturated heterocycles. The summed E-state index contributed by atoms with van der Waals surface area (Å²) < 4.78 is 27.8. The van der Waals surface area contributed by atoms with Crippen LogP contribution in [0.15, 0.2) is 30.5 Å². The second kappa shape index (κ2) is 9.71. The molecule has 1 saturated carbocycles. The number of imide groups is 1. The van der Waals surface area contributed by atoms with Gasteiger partial charge in [0.05, 0.1) is 28.4 Å². The number of nitrogens with zero attached hydrogens (tertiary/aromatic N) is 5. The maximum absolute atomic E-state index is 13.4. The van der Waals surface area contributed by atoms with Crippen LogP contribution >= 0.6 is 11.3 Å². The molecule has 42 heavy (non-hydrogen) atoms. The summed E-state index contributed by atoms with van der Waals surface area (Å²) in [5.74, 6) is -3.14. The Kier molecular flexibility index (Phi) is 6.29. The molecule has 3 amide bonds. The maximum atomic E-state index is 13.4. The number of hydrogen-bond acceptors (Lipinski definition) is 7. The molecule has 4 aliphatic rings. The number of carbonyl (C=O) groups is 2. The Morgan fingerprint density at radius 3 is 2.64 bits per heavy atom. The first-order valence-electron chi connectivity index (χ1n) is 14.5. The normalized spacial score (nSPS) is 23.4. The molecule has 7 rings (SSSR count). The van der Waals surface area contributed by atoms with Gasteiger partial charge in [0.25, 0.3) is 11.8 Å². The number of fused-ring (bicyclic) bond motifs is 2. The fraction of sp³-hybridized carbons (Fsp3) is 0.484. The van der Waals surface area contributed by atoms with E-state index in [1.54, 1.807) is 6.20 Å². The molecule has 3 aromatic rings.